The van der Waals surface area contributed by atoms with Gasteiger partial charge in [0.05, 0.1) is 5.71 Å². The van der Waals surface area contributed by atoms with Crippen LogP contribution < -0.4 is 9.70 Å². The summed E-state index contributed by atoms with van der Waals surface area (Å²) in [4.78, 5) is 14.0. The topological polar surface area (TPSA) is 62.9 Å². The Bertz CT molecular complexity index is 680. The van der Waals surface area contributed by atoms with Gasteiger partial charge in [0.2, 0.25) is 9.93 Å². The first-order valence-electron chi connectivity index (χ1n) is 7.22. The first-order valence-corrected chi connectivity index (χ1v) is 8.04. The number of aromatic nitrogens is 2. The zero-order valence-electron chi connectivity index (χ0n) is 13.5. The van der Waals surface area contributed by atoms with Crippen molar-refractivity contribution in [3.63, 3.8) is 0 Å². The van der Waals surface area contributed by atoms with Crippen molar-refractivity contribution in [3.8, 4) is 0 Å². The number of anilines is 1. The van der Waals surface area contributed by atoms with Crippen molar-refractivity contribution < 1.29 is 4.79 Å². The Morgan fingerprint density at radius 3 is 2.23 bits per heavy atom. The molecule has 1 aromatic heterocycles. The van der Waals surface area contributed by atoms with Gasteiger partial charge in [-0.2, -0.15) is 0 Å². The van der Waals surface area contributed by atoms with Gasteiger partial charge in [-0.15, -0.1) is 15.3 Å². The number of carbonyl (C=O) groups excluding carboxylic acids is 1. The predicted octanol–water partition coefficient (Wildman–Crippen LogP) is 2.06. The van der Waals surface area contributed by atoms with Crippen LogP contribution in [-0.4, -0.2) is 33.4 Å². The maximum absolute atomic E-state index is 11.1. The van der Waals surface area contributed by atoms with E-state index in [0.29, 0.717) is 22.6 Å². The average Bonchev–Trinajstić information content (AvgIpc) is 2.78. The van der Waals surface area contributed by atoms with E-state index in [4.69, 9.17) is 0 Å². The van der Waals surface area contributed by atoms with E-state index in [2.05, 4.69) is 47.9 Å². The fraction of sp³-hybridized carbons (Fsp3) is 0.467. The smallest absolute Gasteiger partial charge is 0.230 e. The molecule has 0 saturated carbocycles. The molecule has 0 unspecified atom stereocenters. The summed E-state index contributed by atoms with van der Waals surface area (Å²) < 4.78 is 1.73. The van der Waals surface area contributed by atoms with Crippen molar-refractivity contribution in [1.82, 2.24) is 9.78 Å². The molecule has 6 nitrogen and oxygen atoms in total. The van der Waals surface area contributed by atoms with Crippen molar-refractivity contribution in [2.45, 2.75) is 39.8 Å². The molecule has 1 aliphatic carbocycles. The molecule has 0 fully saturated rings. The number of nitrogens with zero attached hydrogens (tertiary/aromatic N) is 5. The number of allylic oxidation sites excluding steroid dienone is 4. The summed E-state index contributed by atoms with van der Waals surface area (Å²) in [6.07, 6.45) is 6.27. The Hall–Kier alpha value is -2.02. The lowest BCUT2D eigenvalue weighted by atomic mass is 10.2. The van der Waals surface area contributed by atoms with E-state index in [1.165, 1.54) is 23.5 Å². The third kappa shape index (κ3) is 3.79. The molecule has 0 aliphatic heterocycles. The number of hydrogen-bond acceptors (Lipinski definition) is 6. The second kappa shape index (κ2) is 6.83. The third-order valence-corrected chi connectivity index (χ3v) is 4.12. The number of aryl methyl sites for hydroxylation is 1. The summed E-state index contributed by atoms with van der Waals surface area (Å²) in [5, 5.41) is 13.9. The van der Waals surface area contributed by atoms with Crippen molar-refractivity contribution in [3.05, 3.63) is 29.1 Å². The molecule has 2 rings (SSSR count). The summed E-state index contributed by atoms with van der Waals surface area (Å²) >= 11 is 1.50. The van der Waals surface area contributed by atoms with Crippen molar-refractivity contribution in [2.24, 2.45) is 17.3 Å². The van der Waals surface area contributed by atoms with Gasteiger partial charge in [0.15, 0.2) is 5.78 Å². The van der Waals surface area contributed by atoms with Gasteiger partial charge in [0, 0.05) is 19.1 Å². The minimum absolute atomic E-state index is 0.0332. The summed E-state index contributed by atoms with van der Waals surface area (Å²) in [7, 11) is 1.86. The quantitative estimate of drug-likeness (QED) is 0.630. The Kier molecular flexibility index (Phi) is 5.07. The van der Waals surface area contributed by atoms with Crippen LogP contribution in [0.5, 0.6) is 0 Å². The minimum atomic E-state index is -0.0332. The van der Waals surface area contributed by atoms with Crippen LogP contribution in [0.15, 0.2) is 34.5 Å². The van der Waals surface area contributed by atoms with E-state index in [-0.39, 0.29) is 5.78 Å². The SMILES string of the molecule is CC(C)N(c1nn(C)/c(=N/N=C2C=CC(=O)C=C2)s1)C(C)C. The lowest BCUT2D eigenvalue weighted by Crippen LogP contribution is -2.37. The molecule has 0 saturated heterocycles. The lowest BCUT2D eigenvalue weighted by molar-refractivity contribution is -0.110. The van der Waals surface area contributed by atoms with Crippen LogP contribution in [0.1, 0.15) is 27.7 Å². The van der Waals surface area contributed by atoms with Gasteiger partial charge in [-0.1, -0.05) is 11.3 Å². The van der Waals surface area contributed by atoms with Gasteiger partial charge in [-0.05, 0) is 52.0 Å². The van der Waals surface area contributed by atoms with E-state index in [9.17, 15) is 4.79 Å². The van der Waals surface area contributed by atoms with Gasteiger partial charge in [-0.25, -0.2) is 4.68 Å². The number of ketones is 1. The van der Waals surface area contributed by atoms with Crippen LogP contribution in [-0.2, 0) is 11.8 Å². The molecule has 0 N–H and O–H groups in total. The number of hydrogen-bond donors (Lipinski definition) is 0. The molecule has 1 aromatic rings. The molecule has 0 radical (unpaired) electrons. The predicted molar refractivity (Wildman–Crippen MR) is 90.1 cm³/mol. The molecule has 0 spiro atoms. The van der Waals surface area contributed by atoms with Gasteiger partial charge < -0.3 is 4.90 Å². The standard InChI is InChI=1S/C15H21N5OS/c1-10(2)20(11(3)4)15-18-19(5)14(22-15)17-16-12-6-8-13(21)9-7-12/h6-11H,1-5H3/b17-14-. The van der Waals surface area contributed by atoms with E-state index < -0.39 is 0 Å². The first kappa shape index (κ1) is 16.4. The van der Waals surface area contributed by atoms with Crippen LogP contribution in [0.3, 0.4) is 0 Å². The van der Waals surface area contributed by atoms with Gasteiger partial charge >= 0.3 is 0 Å². The van der Waals surface area contributed by atoms with E-state index in [1.807, 2.05) is 7.05 Å². The van der Waals surface area contributed by atoms with Crippen LogP contribution in [0.2, 0.25) is 0 Å². The highest BCUT2D eigenvalue weighted by Crippen LogP contribution is 2.19. The van der Waals surface area contributed by atoms with Gasteiger partial charge in [0.1, 0.15) is 0 Å². The fourth-order valence-electron chi connectivity index (χ4n) is 2.18. The zero-order valence-corrected chi connectivity index (χ0v) is 14.3. The van der Waals surface area contributed by atoms with Crippen molar-refractivity contribution >= 4 is 28.0 Å². The molecule has 118 valence electrons. The van der Waals surface area contributed by atoms with Crippen LogP contribution in [0.4, 0.5) is 5.13 Å². The van der Waals surface area contributed by atoms with Crippen LogP contribution in [0, 0.1) is 0 Å². The number of carbonyl (C=O) groups is 1. The molecule has 0 atom stereocenters. The maximum Gasteiger partial charge on any atom is 0.230 e. The maximum atomic E-state index is 11.1. The average molecular weight is 319 g/mol. The van der Waals surface area contributed by atoms with Gasteiger partial charge in [-0.3, -0.25) is 4.79 Å². The zero-order chi connectivity index (χ0) is 16.3. The normalized spacial score (nSPS) is 15.3. The van der Waals surface area contributed by atoms with Crippen molar-refractivity contribution in [1.29, 1.82) is 0 Å². The van der Waals surface area contributed by atoms with E-state index in [0.717, 1.165) is 5.13 Å². The monoisotopic (exact) mass is 319 g/mol. The summed E-state index contributed by atoms with van der Waals surface area (Å²) in [6.45, 7) is 8.58. The molecular formula is C15H21N5OS. The highest BCUT2D eigenvalue weighted by Gasteiger charge is 2.18. The molecule has 0 aromatic carbocycles. The second-order valence-electron chi connectivity index (χ2n) is 5.58. The van der Waals surface area contributed by atoms with Crippen molar-refractivity contribution in [2.75, 3.05) is 4.90 Å². The van der Waals surface area contributed by atoms with E-state index >= 15 is 0 Å². The Labute approximate surface area is 134 Å². The molecule has 0 bridgehead atoms. The lowest BCUT2D eigenvalue weighted by Gasteiger charge is -2.29. The van der Waals surface area contributed by atoms with Crippen LogP contribution in [0.25, 0.3) is 0 Å². The second-order valence-corrected chi connectivity index (χ2v) is 6.51. The number of rotatable bonds is 4. The highest BCUT2D eigenvalue weighted by molar-refractivity contribution is 7.13. The summed E-state index contributed by atoms with van der Waals surface area (Å²) in [6, 6.07) is 0.723. The first-order chi connectivity index (χ1) is 10.4. The highest BCUT2D eigenvalue weighted by atomic mass is 32.1. The third-order valence-electron chi connectivity index (χ3n) is 3.12. The molecule has 1 aliphatic rings. The molecule has 22 heavy (non-hydrogen) atoms. The summed E-state index contributed by atoms with van der Waals surface area (Å²) in [5.74, 6) is -0.0332. The fourth-order valence-corrected chi connectivity index (χ4v) is 3.29. The molecule has 1 heterocycles. The van der Waals surface area contributed by atoms with E-state index in [1.54, 1.807) is 16.8 Å². The summed E-state index contributed by atoms with van der Waals surface area (Å²) in [5.41, 5.74) is 0.652. The Balaban J connectivity index is 2.32. The Morgan fingerprint density at radius 1 is 1.09 bits per heavy atom. The van der Waals surface area contributed by atoms with Gasteiger partial charge in [0.25, 0.3) is 0 Å². The minimum Gasteiger partial charge on any atom is -0.342 e. The molecular weight excluding hydrogens is 298 g/mol. The van der Waals surface area contributed by atoms with Crippen LogP contribution >= 0.6 is 11.3 Å². The Morgan fingerprint density at radius 2 is 1.68 bits per heavy atom. The molecule has 7 heteroatoms. The largest absolute Gasteiger partial charge is 0.342 e. The molecule has 0 amide bonds.